The number of benzene rings is 2. The fraction of sp³-hybridized carbons (Fsp3) is 0.0714. The van der Waals surface area contributed by atoms with Gasteiger partial charge in [-0.1, -0.05) is 36.4 Å². The summed E-state index contributed by atoms with van der Waals surface area (Å²) in [5.41, 5.74) is 3.07. The number of hydroxylamine groups is 1. The molecule has 1 N–H and O–H groups in total. The van der Waals surface area contributed by atoms with E-state index < -0.39 is 6.10 Å². The predicted molar refractivity (Wildman–Crippen MR) is 65.0 cm³/mol. The summed E-state index contributed by atoms with van der Waals surface area (Å²) in [5.74, 6) is 0.949. The first kappa shape index (κ1) is 10.7. The number of carbonyl (C=O) groups excluding carboxylic acids is 1. The van der Waals surface area contributed by atoms with E-state index in [0.29, 0.717) is 11.5 Å². The van der Waals surface area contributed by atoms with Crippen molar-refractivity contribution in [1.82, 2.24) is 5.48 Å². The molecule has 1 unspecified atom stereocenters. The molecule has 2 aromatic carbocycles. The molecule has 0 bridgehead atoms. The topological polar surface area (TPSA) is 47.6 Å². The standard InChI is InChI=1S/C14H11NO3/c16-14-13(17-10-6-2-1-3-7-10)11-8-4-5-9-12(11)18-15-14/h1-9,13H,(H,15,16). The van der Waals surface area contributed by atoms with Crippen LogP contribution in [0, 0.1) is 0 Å². The molecule has 2 aromatic rings. The Morgan fingerprint density at radius 2 is 1.72 bits per heavy atom. The Kier molecular flexibility index (Phi) is 2.61. The van der Waals surface area contributed by atoms with Gasteiger partial charge < -0.3 is 9.57 Å². The van der Waals surface area contributed by atoms with Crippen LogP contribution in [0.3, 0.4) is 0 Å². The third-order valence-electron chi connectivity index (χ3n) is 2.70. The van der Waals surface area contributed by atoms with E-state index >= 15 is 0 Å². The molecule has 0 aliphatic carbocycles. The summed E-state index contributed by atoms with van der Waals surface area (Å²) < 4.78 is 5.70. The number of carbonyl (C=O) groups is 1. The minimum atomic E-state index is -0.683. The first-order valence-corrected chi connectivity index (χ1v) is 5.62. The average Bonchev–Trinajstić information content (AvgIpc) is 2.43. The highest BCUT2D eigenvalue weighted by Gasteiger charge is 2.30. The molecular formula is C14H11NO3. The van der Waals surface area contributed by atoms with Crippen LogP contribution in [0.1, 0.15) is 11.7 Å². The number of para-hydroxylation sites is 2. The molecule has 0 saturated carbocycles. The van der Waals surface area contributed by atoms with Crippen LogP contribution in [0.4, 0.5) is 0 Å². The summed E-state index contributed by atoms with van der Waals surface area (Å²) >= 11 is 0. The Morgan fingerprint density at radius 3 is 2.56 bits per heavy atom. The predicted octanol–water partition coefficient (Wildman–Crippen LogP) is 2.23. The summed E-state index contributed by atoms with van der Waals surface area (Å²) in [7, 11) is 0. The third-order valence-corrected chi connectivity index (χ3v) is 2.70. The number of hydrogen-bond acceptors (Lipinski definition) is 3. The molecule has 1 aliphatic heterocycles. The maximum Gasteiger partial charge on any atom is 0.298 e. The highest BCUT2D eigenvalue weighted by Crippen LogP contribution is 2.31. The summed E-state index contributed by atoms with van der Waals surface area (Å²) in [6, 6.07) is 16.5. The Hall–Kier alpha value is -2.49. The quantitative estimate of drug-likeness (QED) is 0.877. The van der Waals surface area contributed by atoms with Gasteiger partial charge in [-0.05, 0) is 18.2 Å². The van der Waals surface area contributed by atoms with Crippen molar-refractivity contribution in [2.75, 3.05) is 0 Å². The zero-order chi connectivity index (χ0) is 12.4. The van der Waals surface area contributed by atoms with Crippen molar-refractivity contribution in [3.63, 3.8) is 0 Å². The zero-order valence-electron chi connectivity index (χ0n) is 9.50. The lowest BCUT2D eigenvalue weighted by molar-refractivity contribution is -0.137. The molecule has 4 nitrogen and oxygen atoms in total. The maximum atomic E-state index is 11.8. The van der Waals surface area contributed by atoms with Gasteiger partial charge in [-0.15, -0.1) is 0 Å². The lowest BCUT2D eigenvalue weighted by Crippen LogP contribution is -2.39. The van der Waals surface area contributed by atoms with Gasteiger partial charge in [0, 0.05) is 5.56 Å². The number of fused-ring (bicyclic) bond motifs is 1. The van der Waals surface area contributed by atoms with E-state index in [0.717, 1.165) is 5.56 Å². The molecule has 0 spiro atoms. The van der Waals surface area contributed by atoms with Crippen LogP contribution in [-0.2, 0) is 4.79 Å². The van der Waals surface area contributed by atoms with Crippen molar-refractivity contribution < 1.29 is 14.4 Å². The summed E-state index contributed by atoms with van der Waals surface area (Å²) in [6.07, 6.45) is -0.683. The Morgan fingerprint density at radius 1 is 1.00 bits per heavy atom. The number of nitrogens with one attached hydrogen (secondary N) is 1. The lowest BCUT2D eigenvalue weighted by atomic mass is 10.1. The molecule has 1 amide bonds. The monoisotopic (exact) mass is 241 g/mol. The second-order valence-corrected chi connectivity index (χ2v) is 3.92. The van der Waals surface area contributed by atoms with Gasteiger partial charge in [0.25, 0.3) is 5.91 Å². The van der Waals surface area contributed by atoms with E-state index in [1.807, 2.05) is 48.5 Å². The third kappa shape index (κ3) is 1.88. The highest BCUT2D eigenvalue weighted by molar-refractivity contribution is 5.84. The van der Waals surface area contributed by atoms with Gasteiger partial charge in [0.15, 0.2) is 5.75 Å². The van der Waals surface area contributed by atoms with Gasteiger partial charge in [0.1, 0.15) is 5.75 Å². The second kappa shape index (κ2) is 4.41. The van der Waals surface area contributed by atoms with E-state index in [9.17, 15) is 4.79 Å². The van der Waals surface area contributed by atoms with Crippen LogP contribution in [0.2, 0.25) is 0 Å². The fourth-order valence-corrected chi connectivity index (χ4v) is 1.84. The van der Waals surface area contributed by atoms with Crippen molar-refractivity contribution in [3.05, 3.63) is 60.2 Å². The number of ether oxygens (including phenoxy) is 1. The number of hydrogen-bond donors (Lipinski definition) is 1. The minimum absolute atomic E-state index is 0.308. The van der Waals surface area contributed by atoms with Crippen LogP contribution in [0.25, 0.3) is 0 Å². The van der Waals surface area contributed by atoms with Gasteiger partial charge in [-0.3, -0.25) is 4.79 Å². The smallest absolute Gasteiger partial charge is 0.298 e. The van der Waals surface area contributed by atoms with Gasteiger partial charge in [-0.25, -0.2) is 0 Å². The molecule has 0 radical (unpaired) electrons. The van der Waals surface area contributed by atoms with Crippen molar-refractivity contribution in [1.29, 1.82) is 0 Å². The molecule has 0 fully saturated rings. The van der Waals surface area contributed by atoms with E-state index in [4.69, 9.17) is 9.57 Å². The van der Waals surface area contributed by atoms with E-state index in [1.54, 1.807) is 6.07 Å². The maximum absolute atomic E-state index is 11.8. The SMILES string of the molecule is O=C1NOc2ccccc2C1Oc1ccccc1. The molecule has 0 aromatic heterocycles. The van der Waals surface area contributed by atoms with Crippen molar-refractivity contribution in [3.8, 4) is 11.5 Å². The molecule has 0 saturated heterocycles. The van der Waals surface area contributed by atoms with Gasteiger partial charge in [-0.2, -0.15) is 5.48 Å². The van der Waals surface area contributed by atoms with E-state index in [-0.39, 0.29) is 5.91 Å². The lowest BCUT2D eigenvalue weighted by Gasteiger charge is -2.25. The first-order chi connectivity index (χ1) is 8.84. The second-order valence-electron chi connectivity index (χ2n) is 3.92. The summed E-state index contributed by atoms with van der Waals surface area (Å²) in [6.45, 7) is 0. The largest absolute Gasteiger partial charge is 0.476 e. The highest BCUT2D eigenvalue weighted by atomic mass is 16.7. The van der Waals surface area contributed by atoms with Crippen molar-refractivity contribution >= 4 is 5.91 Å². The molecule has 4 heteroatoms. The number of rotatable bonds is 2. The van der Waals surface area contributed by atoms with Crippen LogP contribution in [-0.4, -0.2) is 5.91 Å². The average molecular weight is 241 g/mol. The van der Waals surface area contributed by atoms with Crippen LogP contribution < -0.4 is 15.1 Å². The molecular weight excluding hydrogens is 230 g/mol. The molecule has 90 valence electrons. The summed E-state index contributed by atoms with van der Waals surface area (Å²) in [4.78, 5) is 16.9. The summed E-state index contributed by atoms with van der Waals surface area (Å²) in [5, 5.41) is 0. The molecule has 1 aliphatic rings. The molecule has 1 heterocycles. The van der Waals surface area contributed by atoms with Crippen LogP contribution in [0.5, 0.6) is 11.5 Å². The molecule has 3 rings (SSSR count). The van der Waals surface area contributed by atoms with E-state index in [2.05, 4.69) is 5.48 Å². The van der Waals surface area contributed by atoms with Gasteiger partial charge >= 0.3 is 0 Å². The van der Waals surface area contributed by atoms with Crippen LogP contribution >= 0.6 is 0 Å². The molecule has 18 heavy (non-hydrogen) atoms. The first-order valence-electron chi connectivity index (χ1n) is 5.62. The Balaban J connectivity index is 1.94. The normalized spacial score (nSPS) is 17.3. The van der Waals surface area contributed by atoms with Gasteiger partial charge in [0.05, 0.1) is 0 Å². The Bertz CT molecular complexity index is 568. The van der Waals surface area contributed by atoms with Crippen molar-refractivity contribution in [2.24, 2.45) is 0 Å². The van der Waals surface area contributed by atoms with Crippen LogP contribution in [0.15, 0.2) is 54.6 Å². The van der Waals surface area contributed by atoms with Crippen molar-refractivity contribution in [2.45, 2.75) is 6.10 Å². The number of amides is 1. The van der Waals surface area contributed by atoms with E-state index in [1.165, 1.54) is 0 Å². The molecule has 1 atom stereocenters. The van der Waals surface area contributed by atoms with Gasteiger partial charge in [0.2, 0.25) is 6.10 Å². The fourth-order valence-electron chi connectivity index (χ4n) is 1.84. The Labute approximate surface area is 104 Å². The zero-order valence-corrected chi connectivity index (χ0v) is 9.50. The minimum Gasteiger partial charge on any atom is -0.476 e.